The molecule has 1 aliphatic rings. The highest BCUT2D eigenvalue weighted by molar-refractivity contribution is 5.90. The fourth-order valence-corrected chi connectivity index (χ4v) is 3.70. The Morgan fingerprint density at radius 2 is 1.82 bits per heavy atom. The van der Waals surface area contributed by atoms with E-state index in [1.807, 2.05) is 36.5 Å². The first-order valence-electron chi connectivity index (χ1n) is 9.37. The molecule has 1 aliphatic heterocycles. The average molecular weight is 373 g/mol. The van der Waals surface area contributed by atoms with E-state index in [9.17, 15) is 4.79 Å². The molecule has 0 unspecified atom stereocenters. The van der Waals surface area contributed by atoms with Crippen LogP contribution in [-0.4, -0.2) is 37.6 Å². The largest absolute Gasteiger partial charge is 0.381 e. The molecule has 5 rings (SSSR count). The molecule has 140 valence electrons. The standard InChI is InChI=1S/C21H19N5O2/c27-19-7-6-17(23-26(19)16-8-12-28-13-9-16)20-18-14-22-10-11-25(18)24-21(20)15-4-2-1-3-5-15/h1-7,10-11,14,16H,8-9,12-13H2. The zero-order chi connectivity index (χ0) is 18.9. The number of fused-ring (bicyclic) bond motifs is 1. The van der Waals surface area contributed by atoms with E-state index >= 15 is 0 Å². The maximum Gasteiger partial charge on any atom is 0.267 e. The van der Waals surface area contributed by atoms with Crippen molar-refractivity contribution >= 4 is 5.52 Å². The molecule has 7 nitrogen and oxygen atoms in total. The lowest BCUT2D eigenvalue weighted by Gasteiger charge is -2.23. The van der Waals surface area contributed by atoms with Crippen LogP contribution in [0.25, 0.3) is 28.0 Å². The van der Waals surface area contributed by atoms with Crippen molar-refractivity contribution in [2.24, 2.45) is 0 Å². The summed E-state index contributed by atoms with van der Waals surface area (Å²) in [6.07, 6.45) is 6.88. The Morgan fingerprint density at radius 1 is 1.00 bits per heavy atom. The third-order valence-corrected chi connectivity index (χ3v) is 5.10. The van der Waals surface area contributed by atoms with Crippen LogP contribution in [0.15, 0.2) is 65.8 Å². The molecule has 4 aromatic rings. The van der Waals surface area contributed by atoms with Crippen LogP contribution < -0.4 is 5.56 Å². The topological polar surface area (TPSA) is 74.3 Å². The molecule has 0 N–H and O–H groups in total. The summed E-state index contributed by atoms with van der Waals surface area (Å²) < 4.78 is 8.84. The maximum atomic E-state index is 12.5. The van der Waals surface area contributed by atoms with Crippen LogP contribution in [0.4, 0.5) is 0 Å². The first kappa shape index (κ1) is 16.8. The van der Waals surface area contributed by atoms with E-state index in [0.717, 1.165) is 35.2 Å². The van der Waals surface area contributed by atoms with Gasteiger partial charge >= 0.3 is 0 Å². The molecule has 3 aromatic heterocycles. The summed E-state index contributed by atoms with van der Waals surface area (Å²) >= 11 is 0. The molecular weight excluding hydrogens is 354 g/mol. The molecule has 1 fully saturated rings. The normalized spacial score (nSPS) is 15.1. The van der Waals surface area contributed by atoms with Crippen LogP contribution in [0.1, 0.15) is 18.9 Å². The highest BCUT2D eigenvalue weighted by atomic mass is 16.5. The number of benzene rings is 1. The highest BCUT2D eigenvalue weighted by Crippen LogP contribution is 2.33. The molecule has 7 heteroatoms. The van der Waals surface area contributed by atoms with Gasteiger partial charge in [-0.2, -0.15) is 10.2 Å². The summed E-state index contributed by atoms with van der Waals surface area (Å²) in [4.78, 5) is 16.7. The molecule has 0 atom stereocenters. The Bertz CT molecular complexity index is 1180. The Balaban J connectivity index is 1.72. The van der Waals surface area contributed by atoms with Crippen LogP contribution >= 0.6 is 0 Å². The molecule has 0 radical (unpaired) electrons. The van der Waals surface area contributed by atoms with Crippen molar-refractivity contribution in [3.05, 3.63) is 71.4 Å². The second-order valence-electron chi connectivity index (χ2n) is 6.84. The summed E-state index contributed by atoms with van der Waals surface area (Å²) in [6.45, 7) is 1.30. The monoisotopic (exact) mass is 373 g/mol. The van der Waals surface area contributed by atoms with Gasteiger partial charge in [-0.1, -0.05) is 30.3 Å². The zero-order valence-electron chi connectivity index (χ0n) is 15.2. The summed E-state index contributed by atoms with van der Waals surface area (Å²) in [7, 11) is 0. The van der Waals surface area contributed by atoms with Gasteiger partial charge in [-0.3, -0.25) is 9.78 Å². The predicted molar refractivity (Wildman–Crippen MR) is 105 cm³/mol. The predicted octanol–water partition coefficient (Wildman–Crippen LogP) is 2.97. The van der Waals surface area contributed by atoms with Gasteiger partial charge in [-0.15, -0.1) is 0 Å². The maximum absolute atomic E-state index is 12.5. The van der Waals surface area contributed by atoms with Gasteiger partial charge in [0.1, 0.15) is 5.69 Å². The van der Waals surface area contributed by atoms with E-state index in [-0.39, 0.29) is 11.6 Å². The molecule has 1 aromatic carbocycles. The van der Waals surface area contributed by atoms with Gasteiger partial charge in [0.25, 0.3) is 5.56 Å². The molecular formula is C21H19N5O2. The number of hydrogen-bond donors (Lipinski definition) is 0. The molecule has 0 aliphatic carbocycles. The van der Waals surface area contributed by atoms with E-state index in [2.05, 4.69) is 4.98 Å². The van der Waals surface area contributed by atoms with Crippen molar-refractivity contribution in [1.29, 1.82) is 0 Å². The van der Waals surface area contributed by atoms with Crippen LogP contribution in [0.3, 0.4) is 0 Å². The zero-order valence-corrected chi connectivity index (χ0v) is 15.2. The van der Waals surface area contributed by atoms with Crippen LogP contribution in [0.2, 0.25) is 0 Å². The Labute approximate surface area is 161 Å². The van der Waals surface area contributed by atoms with Crippen molar-refractivity contribution < 1.29 is 4.74 Å². The Morgan fingerprint density at radius 3 is 2.64 bits per heavy atom. The molecule has 28 heavy (non-hydrogen) atoms. The lowest BCUT2D eigenvalue weighted by Crippen LogP contribution is -2.30. The van der Waals surface area contributed by atoms with Crippen LogP contribution in [0, 0.1) is 0 Å². The lowest BCUT2D eigenvalue weighted by molar-refractivity contribution is 0.0649. The summed E-state index contributed by atoms with van der Waals surface area (Å²) in [5.41, 5.74) is 4.16. The minimum Gasteiger partial charge on any atom is -0.381 e. The molecule has 1 saturated heterocycles. The van der Waals surface area contributed by atoms with Crippen molar-refractivity contribution in [3.8, 4) is 22.5 Å². The lowest BCUT2D eigenvalue weighted by atomic mass is 10.0. The third kappa shape index (κ3) is 2.90. The minimum atomic E-state index is -0.0912. The number of nitrogens with zero attached hydrogens (tertiary/aromatic N) is 5. The van der Waals surface area contributed by atoms with E-state index in [1.54, 1.807) is 33.7 Å². The molecule has 4 heterocycles. The highest BCUT2D eigenvalue weighted by Gasteiger charge is 2.21. The Kier molecular flexibility index (Phi) is 4.21. The van der Waals surface area contributed by atoms with E-state index in [4.69, 9.17) is 14.9 Å². The Hall–Kier alpha value is -3.32. The first-order valence-corrected chi connectivity index (χ1v) is 9.37. The number of rotatable bonds is 3. The quantitative estimate of drug-likeness (QED) is 0.552. The summed E-state index contributed by atoms with van der Waals surface area (Å²) in [5.74, 6) is 0. The third-order valence-electron chi connectivity index (χ3n) is 5.10. The molecule has 0 saturated carbocycles. The summed E-state index contributed by atoms with van der Waals surface area (Å²) in [5, 5.41) is 9.50. The smallest absolute Gasteiger partial charge is 0.267 e. The van der Waals surface area contributed by atoms with E-state index < -0.39 is 0 Å². The SMILES string of the molecule is O=c1ccc(-c2c(-c3ccccc3)nn3ccncc23)nn1C1CCOCC1. The van der Waals surface area contributed by atoms with Crippen LogP contribution in [0.5, 0.6) is 0 Å². The number of hydrogen-bond acceptors (Lipinski definition) is 5. The van der Waals surface area contributed by atoms with Gasteiger partial charge in [0.15, 0.2) is 0 Å². The second kappa shape index (κ2) is 7.01. The van der Waals surface area contributed by atoms with Gasteiger partial charge in [0.2, 0.25) is 0 Å². The van der Waals surface area contributed by atoms with Crippen molar-refractivity contribution in [1.82, 2.24) is 24.4 Å². The average Bonchev–Trinajstić information content (AvgIpc) is 3.15. The van der Waals surface area contributed by atoms with Gasteiger partial charge in [0, 0.05) is 37.2 Å². The molecule has 0 amide bonds. The summed E-state index contributed by atoms with van der Waals surface area (Å²) in [6, 6.07) is 13.4. The number of ether oxygens (including phenoxy) is 1. The fourth-order valence-electron chi connectivity index (χ4n) is 3.70. The van der Waals surface area contributed by atoms with Crippen molar-refractivity contribution in [2.75, 3.05) is 13.2 Å². The van der Waals surface area contributed by atoms with Crippen molar-refractivity contribution in [3.63, 3.8) is 0 Å². The van der Waals surface area contributed by atoms with E-state index in [0.29, 0.717) is 18.9 Å². The fraction of sp³-hybridized carbons (Fsp3) is 0.238. The van der Waals surface area contributed by atoms with Gasteiger partial charge in [0.05, 0.1) is 29.0 Å². The van der Waals surface area contributed by atoms with Gasteiger partial charge < -0.3 is 4.74 Å². The molecule has 0 spiro atoms. The van der Waals surface area contributed by atoms with Gasteiger partial charge in [-0.05, 0) is 18.9 Å². The number of aromatic nitrogens is 5. The van der Waals surface area contributed by atoms with Crippen LogP contribution in [-0.2, 0) is 4.74 Å². The van der Waals surface area contributed by atoms with Crippen molar-refractivity contribution in [2.45, 2.75) is 18.9 Å². The van der Waals surface area contributed by atoms with Gasteiger partial charge in [-0.25, -0.2) is 9.20 Å². The first-order chi connectivity index (χ1) is 13.8. The minimum absolute atomic E-state index is 0.0568. The van der Waals surface area contributed by atoms with E-state index in [1.165, 1.54) is 0 Å². The molecule has 0 bridgehead atoms. The second-order valence-corrected chi connectivity index (χ2v) is 6.84.